The highest BCUT2D eigenvalue weighted by atomic mass is 19.3. The second-order valence-corrected chi connectivity index (χ2v) is 5.07. The second kappa shape index (κ2) is 6.70. The van der Waals surface area contributed by atoms with Gasteiger partial charge in [0, 0.05) is 5.57 Å². The van der Waals surface area contributed by atoms with Crippen LogP contribution in [-0.4, -0.2) is 26.1 Å². The maximum Gasteiger partial charge on any atom is 0.387 e. The molecule has 3 rings (SSSR count). The minimum absolute atomic E-state index is 0.0913. The zero-order valence-corrected chi connectivity index (χ0v) is 12.8. The molecule has 0 N–H and O–H groups in total. The number of Topliss-reactive ketones (excluding diaryl/α,β-unsaturated/α-hetero) is 1. The third-order valence-corrected chi connectivity index (χ3v) is 3.55. The van der Waals surface area contributed by atoms with Crippen LogP contribution in [0.15, 0.2) is 48.0 Å². The van der Waals surface area contributed by atoms with E-state index in [4.69, 9.17) is 9.47 Å². The lowest BCUT2D eigenvalue weighted by atomic mass is 9.98. The Labute approximate surface area is 137 Å². The first kappa shape index (κ1) is 16.0. The summed E-state index contributed by atoms with van der Waals surface area (Å²) < 4.78 is 40.0. The quantitative estimate of drug-likeness (QED) is 0.795. The van der Waals surface area contributed by atoms with Gasteiger partial charge in [-0.15, -0.1) is 0 Å². The van der Waals surface area contributed by atoms with Crippen LogP contribution in [0.4, 0.5) is 8.78 Å². The molecule has 0 saturated heterocycles. The molecule has 0 spiro atoms. The van der Waals surface area contributed by atoms with Gasteiger partial charge in [-0.3, -0.25) is 4.79 Å². The molecule has 1 heterocycles. The fraction of sp³-hybridized carbons (Fsp3) is 0.167. The summed E-state index contributed by atoms with van der Waals surface area (Å²) in [4.78, 5) is 12.5. The lowest BCUT2D eigenvalue weighted by molar-refractivity contribution is -0.0512. The molecule has 1 aliphatic heterocycles. The number of alkyl halides is 2. The minimum atomic E-state index is -2.96. The van der Waals surface area contributed by atoms with Crippen molar-refractivity contribution >= 4 is 11.9 Å². The first-order valence-electron chi connectivity index (χ1n) is 7.18. The third-order valence-electron chi connectivity index (χ3n) is 3.55. The van der Waals surface area contributed by atoms with Gasteiger partial charge in [0.1, 0.15) is 12.4 Å². The van der Waals surface area contributed by atoms with Gasteiger partial charge in [0.25, 0.3) is 0 Å². The van der Waals surface area contributed by atoms with E-state index in [0.717, 1.165) is 0 Å². The largest absolute Gasteiger partial charge is 0.493 e. The summed E-state index contributed by atoms with van der Waals surface area (Å²) in [6, 6.07) is 11.5. The molecule has 2 aromatic carbocycles. The molecule has 0 aliphatic carbocycles. The van der Waals surface area contributed by atoms with Crippen LogP contribution in [-0.2, 0) is 0 Å². The highest BCUT2D eigenvalue weighted by molar-refractivity contribution is 6.14. The molecule has 0 bridgehead atoms. The topological polar surface area (TPSA) is 44.8 Å². The average molecular weight is 332 g/mol. The van der Waals surface area contributed by atoms with Crippen molar-refractivity contribution in [2.75, 3.05) is 13.7 Å². The van der Waals surface area contributed by atoms with Gasteiger partial charge in [-0.05, 0) is 35.9 Å². The number of carbonyl (C=O) groups excluding carboxylic acids is 1. The molecular weight excluding hydrogens is 318 g/mol. The Morgan fingerprint density at radius 3 is 2.71 bits per heavy atom. The van der Waals surface area contributed by atoms with Crippen molar-refractivity contribution in [1.29, 1.82) is 0 Å². The van der Waals surface area contributed by atoms with Crippen LogP contribution in [0.25, 0.3) is 6.08 Å². The molecular formula is C18H14F2O4. The fourth-order valence-corrected chi connectivity index (χ4v) is 2.45. The molecule has 4 nitrogen and oxygen atoms in total. The van der Waals surface area contributed by atoms with Crippen molar-refractivity contribution in [2.45, 2.75) is 6.61 Å². The molecule has 0 fully saturated rings. The third kappa shape index (κ3) is 3.22. The van der Waals surface area contributed by atoms with Gasteiger partial charge < -0.3 is 14.2 Å². The van der Waals surface area contributed by atoms with Crippen LogP contribution in [0.3, 0.4) is 0 Å². The predicted octanol–water partition coefficient (Wildman–Crippen LogP) is 3.96. The molecule has 6 heteroatoms. The molecule has 24 heavy (non-hydrogen) atoms. The van der Waals surface area contributed by atoms with E-state index in [0.29, 0.717) is 22.4 Å². The van der Waals surface area contributed by atoms with Crippen LogP contribution < -0.4 is 14.2 Å². The Hall–Kier alpha value is -2.89. The fourth-order valence-electron chi connectivity index (χ4n) is 2.45. The number of halogens is 2. The minimum Gasteiger partial charge on any atom is -0.493 e. The van der Waals surface area contributed by atoms with Gasteiger partial charge in [0.15, 0.2) is 17.3 Å². The number of ether oxygens (including phenoxy) is 3. The lowest BCUT2D eigenvalue weighted by Gasteiger charge is -2.18. The number of hydrogen-bond acceptors (Lipinski definition) is 4. The number of ketones is 1. The maximum atomic E-state index is 12.5. The highest BCUT2D eigenvalue weighted by Crippen LogP contribution is 2.32. The molecule has 0 saturated carbocycles. The number of rotatable bonds is 4. The van der Waals surface area contributed by atoms with Crippen LogP contribution in [0, 0.1) is 0 Å². The summed E-state index contributed by atoms with van der Waals surface area (Å²) in [5.74, 6) is 0.487. The number of benzene rings is 2. The van der Waals surface area contributed by atoms with Crippen molar-refractivity contribution in [3.63, 3.8) is 0 Å². The second-order valence-electron chi connectivity index (χ2n) is 5.07. The molecule has 2 aromatic rings. The summed E-state index contributed by atoms with van der Waals surface area (Å²) in [5, 5.41) is 0. The van der Waals surface area contributed by atoms with Crippen LogP contribution in [0.5, 0.6) is 17.2 Å². The van der Waals surface area contributed by atoms with Crippen molar-refractivity contribution < 1.29 is 27.8 Å². The number of methoxy groups -OCH3 is 1. The number of para-hydroxylation sites is 1. The summed E-state index contributed by atoms with van der Waals surface area (Å²) in [6.45, 7) is -2.85. The highest BCUT2D eigenvalue weighted by Gasteiger charge is 2.22. The van der Waals surface area contributed by atoms with E-state index < -0.39 is 6.61 Å². The van der Waals surface area contributed by atoms with Gasteiger partial charge in [-0.25, -0.2) is 0 Å². The number of hydrogen-bond donors (Lipinski definition) is 0. The van der Waals surface area contributed by atoms with E-state index in [9.17, 15) is 13.6 Å². The first-order valence-corrected chi connectivity index (χ1v) is 7.18. The van der Waals surface area contributed by atoms with E-state index in [1.54, 1.807) is 36.4 Å². The predicted molar refractivity (Wildman–Crippen MR) is 83.9 cm³/mol. The summed E-state index contributed by atoms with van der Waals surface area (Å²) in [7, 11) is 1.36. The molecule has 1 aliphatic rings. The first-order chi connectivity index (χ1) is 11.6. The van der Waals surface area contributed by atoms with E-state index in [2.05, 4.69) is 4.74 Å². The Bertz CT molecular complexity index is 799. The Balaban J connectivity index is 1.93. The van der Waals surface area contributed by atoms with Crippen molar-refractivity contribution in [2.24, 2.45) is 0 Å². The molecule has 0 radical (unpaired) electrons. The zero-order chi connectivity index (χ0) is 17.1. The molecule has 124 valence electrons. The summed E-state index contributed by atoms with van der Waals surface area (Å²) >= 11 is 0. The molecule has 0 aromatic heterocycles. The zero-order valence-electron chi connectivity index (χ0n) is 12.8. The van der Waals surface area contributed by atoms with Crippen LogP contribution >= 0.6 is 0 Å². The van der Waals surface area contributed by atoms with E-state index >= 15 is 0 Å². The maximum absolute atomic E-state index is 12.5. The Kier molecular flexibility index (Phi) is 4.46. The SMILES string of the molecule is COc1ccc(/C=C2/COc3ccccc3C2=O)cc1OC(F)F. The summed E-state index contributed by atoms with van der Waals surface area (Å²) in [6.07, 6.45) is 1.59. The van der Waals surface area contributed by atoms with Crippen LogP contribution in [0.1, 0.15) is 15.9 Å². The average Bonchev–Trinajstić information content (AvgIpc) is 2.57. The summed E-state index contributed by atoms with van der Waals surface area (Å²) in [5.41, 5.74) is 1.45. The van der Waals surface area contributed by atoms with Crippen LogP contribution in [0.2, 0.25) is 0 Å². The number of carbonyl (C=O) groups is 1. The van der Waals surface area contributed by atoms with Gasteiger partial charge in [-0.2, -0.15) is 8.78 Å². The molecule has 0 amide bonds. The Morgan fingerprint density at radius 1 is 1.17 bits per heavy atom. The molecule has 0 unspecified atom stereocenters. The molecule has 0 atom stereocenters. The standard InChI is InChI=1S/C18H14F2O4/c1-22-15-7-6-11(9-16(15)24-18(19)20)8-12-10-23-14-5-3-2-4-13(14)17(12)21/h2-9,18H,10H2,1H3/b12-8-. The number of fused-ring (bicyclic) bond motifs is 1. The smallest absolute Gasteiger partial charge is 0.387 e. The van der Waals surface area contributed by atoms with E-state index in [-0.39, 0.29) is 23.9 Å². The normalized spacial score (nSPS) is 15.2. The van der Waals surface area contributed by atoms with E-state index in [1.807, 2.05) is 0 Å². The monoisotopic (exact) mass is 332 g/mol. The van der Waals surface area contributed by atoms with Crippen molar-refractivity contribution in [3.8, 4) is 17.2 Å². The van der Waals surface area contributed by atoms with Gasteiger partial charge in [0.05, 0.1) is 12.7 Å². The van der Waals surface area contributed by atoms with Gasteiger partial charge >= 0.3 is 6.61 Å². The van der Waals surface area contributed by atoms with Gasteiger partial charge in [0.2, 0.25) is 0 Å². The van der Waals surface area contributed by atoms with Crippen molar-refractivity contribution in [1.82, 2.24) is 0 Å². The van der Waals surface area contributed by atoms with Gasteiger partial charge in [-0.1, -0.05) is 18.2 Å². The lowest BCUT2D eigenvalue weighted by Crippen LogP contribution is -2.18. The Morgan fingerprint density at radius 2 is 1.96 bits per heavy atom. The van der Waals surface area contributed by atoms with E-state index in [1.165, 1.54) is 19.2 Å². The van der Waals surface area contributed by atoms with Crippen molar-refractivity contribution in [3.05, 3.63) is 59.2 Å².